The van der Waals surface area contributed by atoms with Crippen molar-refractivity contribution in [3.63, 3.8) is 0 Å². The first kappa shape index (κ1) is 16.4. The van der Waals surface area contributed by atoms with E-state index in [9.17, 15) is 4.79 Å². The van der Waals surface area contributed by atoms with E-state index < -0.39 is 0 Å². The summed E-state index contributed by atoms with van der Waals surface area (Å²) in [5.41, 5.74) is -0.350. The Balaban J connectivity index is 1.98. The summed E-state index contributed by atoms with van der Waals surface area (Å²) in [6.45, 7) is 11.6. The molecule has 4 nitrogen and oxygen atoms in total. The van der Waals surface area contributed by atoms with Gasteiger partial charge in [0.25, 0.3) is 0 Å². The van der Waals surface area contributed by atoms with Crippen molar-refractivity contribution in [3.8, 4) is 0 Å². The van der Waals surface area contributed by atoms with Gasteiger partial charge in [-0.1, -0.05) is 6.42 Å². The second-order valence-corrected chi connectivity index (χ2v) is 6.54. The number of likely N-dealkylation sites (N-methyl/N-ethyl adjacent to an activating group) is 1. The molecule has 1 fully saturated rings. The lowest BCUT2D eigenvalue weighted by Gasteiger charge is -2.32. The SMILES string of the molecule is CN1CCN(CCCCCC(=O)OC(C)(C)C)CC1. The third kappa shape index (κ3) is 8.22. The van der Waals surface area contributed by atoms with Crippen LogP contribution in [0.15, 0.2) is 0 Å². The molecule has 0 spiro atoms. The molecule has 0 aromatic rings. The van der Waals surface area contributed by atoms with Crippen LogP contribution in [-0.2, 0) is 9.53 Å². The van der Waals surface area contributed by atoms with Gasteiger partial charge in [0.1, 0.15) is 5.60 Å². The quantitative estimate of drug-likeness (QED) is 0.547. The molecule has 19 heavy (non-hydrogen) atoms. The molecule has 0 atom stereocenters. The van der Waals surface area contributed by atoms with Crippen molar-refractivity contribution in [3.05, 3.63) is 0 Å². The molecule has 0 saturated carbocycles. The number of nitrogens with zero attached hydrogens (tertiary/aromatic N) is 2. The van der Waals surface area contributed by atoms with Gasteiger partial charge in [-0.15, -0.1) is 0 Å². The van der Waals surface area contributed by atoms with Crippen LogP contribution in [0.3, 0.4) is 0 Å². The van der Waals surface area contributed by atoms with E-state index in [1.165, 1.54) is 39.1 Å². The van der Waals surface area contributed by atoms with Gasteiger partial charge in [0, 0.05) is 32.6 Å². The van der Waals surface area contributed by atoms with Crippen LogP contribution in [0.1, 0.15) is 46.5 Å². The van der Waals surface area contributed by atoms with Crippen LogP contribution in [-0.4, -0.2) is 61.1 Å². The van der Waals surface area contributed by atoms with Gasteiger partial charge in [0.15, 0.2) is 0 Å². The Morgan fingerprint density at radius 1 is 1.05 bits per heavy atom. The number of unbranched alkanes of at least 4 members (excludes halogenated alkanes) is 2. The van der Waals surface area contributed by atoms with Gasteiger partial charge in [-0.05, 0) is 47.2 Å². The fourth-order valence-corrected chi connectivity index (χ4v) is 2.25. The molecular formula is C15H30N2O2. The smallest absolute Gasteiger partial charge is 0.306 e. The number of carbonyl (C=O) groups is 1. The van der Waals surface area contributed by atoms with E-state index in [2.05, 4.69) is 16.8 Å². The minimum atomic E-state index is -0.350. The summed E-state index contributed by atoms with van der Waals surface area (Å²) >= 11 is 0. The number of ether oxygens (including phenoxy) is 1. The fourth-order valence-electron chi connectivity index (χ4n) is 2.25. The monoisotopic (exact) mass is 270 g/mol. The first-order valence-corrected chi connectivity index (χ1v) is 7.49. The van der Waals surface area contributed by atoms with E-state index in [0.717, 1.165) is 12.8 Å². The highest BCUT2D eigenvalue weighted by Crippen LogP contribution is 2.11. The van der Waals surface area contributed by atoms with E-state index in [0.29, 0.717) is 6.42 Å². The van der Waals surface area contributed by atoms with Gasteiger partial charge in [-0.2, -0.15) is 0 Å². The number of rotatable bonds is 6. The summed E-state index contributed by atoms with van der Waals surface area (Å²) < 4.78 is 5.29. The zero-order valence-corrected chi connectivity index (χ0v) is 13.1. The summed E-state index contributed by atoms with van der Waals surface area (Å²) in [5.74, 6) is -0.0629. The van der Waals surface area contributed by atoms with Crippen molar-refractivity contribution < 1.29 is 9.53 Å². The van der Waals surface area contributed by atoms with E-state index >= 15 is 0 Å². The molecule has 1 heterocycles. The molecule has 1 saturated heterocycles. The molecule has 0 bridgehead atoms. The van der Waals surface area contributed by atoms with Gasteiger partial charge >= 0.3 is 5.97 Å². The van der Waals surface area contributed by atoms with Crippen LogP contribution in [0.4, 0.5) is 0 Å². The molecule has 1 aliphatic heterocycles. The predicted octanol–water partition coefficient (Wildman–Crippen LogP) is 2.14. The lowest BCUT2D eigenvalue weighted by Crippen LogP contribution is -2.44. The number of esters is 1. The summed E-state index contributed by atoms with van der Waals surface area (Å²) in [6, 6.07) is 0. The second kappa shape index (κ2) is 7.85. The van der Waals surface area contributed by atoms with Gasteiger partial charge in [-0.25, -0.2) is 0 Å². The van der Waals surface area contributed by atoms with Crippen molar-refractivity contribution in [2.24, 2.45) is 0 Å². The molecule has 1 aliphatic rings. The first-order chi connectivity index (χ1) is 8.87. The molecular weight excluding hydrogens is 240 g/mol. The van der Waals surface area contributed by atoms with Crippen molar-refractivity contribution in [2.45, 2.75) is 52.1 Å². The van der Waals surface area contributed by atoms with Crippen molar-refractivity contribution in [1.29, 1.82) is 0 Å². The second-order valence-electron chi connectivity index (χ2n) is 6.54. The molecule has 0 aromatic heterocycles. The third-order valence-electron chi connectivity index (χ3n) is 3.37. The van der Waals surface area contributed by atoms with Crippen LogP contribution in [0.2, 0.25) is 0 Å². The largest absolute Gasteiger partial charge is 0.460 e. The normalized spacial score (nSPS) is 18.5. The number of piperazine rings is 1. The molecule has 0 aromatic carbocycles. The Morgan fingerprint density at radius 2 is 1.68 bits per heavy atom. The zero-order chi connectivity index (χ0) is 14.3. The Labute approximate surface area is 118 Å². The predicted molar refractivity (Wildman–Crippen MR) is 78.3 cm³/mol. The third-order valence-corrected chi connectivity index (χ3v) is 3.37. The van der Waals surface area contributed by atoms with E-state index in [4.69, 9.17) is 4.74 Å². The Kier molecular flexibility index (Phi) is 6.80. The fraction of sp³-hybridized carbons (Fsp3) is 0.933. The zero-order valence-electron chi connectivity index (χ0n) is 13.1. The molecule has 0 N–H and O–H groups in total. The summed E-state index contributed by atoms with van der Waals surface area (Å²) in [7, 11) is 2.18. The van der Waals surface area contributed by atoms with Crippen molar-refractivity contribution in [1.82, 2.24) is 9.80 Å². The van der Waals surface area contributed by atoms with Gasteiger partial charge in [0.05, 0.1) is 0 Å². The first-order valence-electron chi connectivity index (χ1n) is 7.49. The maximum atomic E-state index is 11.5. The van der Waals surface area contributed by atoms with Gasteiger partial charge in [0.2, 0.25) is 0 Å². The highest BCUT2D eigenvalue weighted by atomic mass is 16.6. The average Bonchev–Trinajstić information content (AvgIpc) is 2.29. The minimum Gasteiger partial charge on any atom is -0.460 e. The summed E-state index contributed by atoms with van der Waals surface area (Å²) in [5, 5.41) is 0. The molecule has 0 unspecified atom stereocenters. The lowest BCUT2D eigenvalue weighted by atomic mass is 10.1. The molecule has 0 amide bonds. The number of carbonyl (C=O) groups excluding carboxylic acids is 1. The summed E-state index contributed by atoms with van der Waals surface area (Å²) in [4.78, 5) is 16.4. The maximum Gasteiger partial charge on any atom is 0.306 e. The lowest BCUT2D eigenvalue weighted by molar-refractivity contribution is -0.154. The van der Waals surface area contributed by atoms with Gasteiger partial charge < -0.3 is 14.5 Å². The topological polar surface area (TPSA) is 32.8 Å². The van der Waals surface area contributed by atoms with Crippen LogP contribution in [0.25, 0.3) is 0 Å². The van der Waals surface area contributed by atoms with Crippen molar-refractivity contribution >= 4 is 5.97 Å². The summed E-state index contributed by atoms with van der Waals surface area (Å²) in [6.07, 6.45) is 3.81. The Morgan fingerprint density at radius 3 is 2.26 bits per heavy atom. The number of hydrogen-bond acceptors (Lipinski definition) is 4. The van der Waals surface area contributed by atoms with Crippen LogP contribution in [0.5, 0.6) is 0 Å². The average molecular weight is 270 g/mol. The van der Waals surface area contributed by atoms with E-state index in [1.807, 2.05) is 20.8 Å². The van der Waals surface area contributed by atoms with Gasteiger partial charge in [-0.3, -0.25) is 4.79 Å². The highest BCUT2D eigenvalue weighted by molar-refractivity contribution is 5.69. The molecule has 0 aliphatic carbocycles. The highest BCUT2D eigenvalue weighted by Gasteiger charge is 2.16. The van der Waals surface area contributed by atoms with E-state index in [-0.39, 0.29) is 11.6 Å². The molecule has 112 valence electrons. The van der Waals surface area contributed by atoms with Crippen molar-refractivity contribution in [2.75, 3.05) is 39.8 Å². The molecule has 1 rings (SSSR count). The van der Waals surface area contributed by atoms with E-state index in [1.54, 1.807) is 0 Å². The van der Waals surface area contributed by atoms with Crippen LogP contribution in [0, 0.1) is 0 Å². The molecule has 4 heteroatoms. The number of hydrogen-bond donors (Lipinski definition) is 0. The standard InChI is InChI=1S/C15H30N2O2/c1-15(2,3)19-14(18)8-6-5-7-9-17-12-10-16(4)11-13-17/h5-13H2,1-4H3. The minimum absolute atomic E-state index is 0.0629. The molecule has 0 radical (unpaired) electrons. The maximum absolute atomic E-state index is 11.5. The van der Waals surface area contributed by atoms with Crippen LogP contribution < -0.4 is 0 Å². The Hall–Kier alpha value is -0.610. The Bertz CT molecular complexity index is 266. The van der Waals surface area contributed by atoms with Crippen LogP contribution >= 0.6 is 0 Å².